The second-order valence-corrected chi connectivity index (χ2v) is 8.26. The van der Waals surface area contributed by atoms with E-state index in [1.54, 1.807) is 36.4 Å². The normalized spacial score (nSPS) is 15.1. The van der Waals surface area contributed by atoms with E-state index in [1.807, 2.05) is 30.3 Å². The third-order valence-corrected chi connectivity index (χ3v) is 6.33. The van der Waals surface area contributed by atoms with Gasteiger partial charge >= 0.3 is 5.63 Å². The Morgan fingerprint density at radius 1 is 0.969 bits per heavy atom. The first-order valence-electron chi connectivity index (χ1n) is 10.1. The molecule has 1 N–H and O–H groups in total. The monoisotopic (exact) mass is 465 g/mol. The summed E-state index contributed by atoms with van der Waals surface area (Å²) in [4.78, 5) is 25.8. The molecule has 3 aromatic carbocycles. The van der Waals surface area contributed by atoms with Crippen molar-refractivity contribution < 1.29 is 13.9 Å². The molecule has 5 nitrogen and oxygen atoms in total. The number of ether oxygens (including phenoxy) is 1. The van der Waals surface area contributed by atoms with Crippen molar-refractivity contribution >= 4 is 40.1 Å². The summed E-state index contributed by atoms with van der Waals surface area (Å²) in [5.74, 6) is 0.242. The molecule has 1 aliphatic heterocycles. The molecule has 7 heteroatoms. The zero-order valence-corrected chi connectivity index (χ0v) is 18.2. The average molecular weight is 466 g/mol. The summed E-state index contributed by atoms with van der Waals surface area (Å²) in [7, 11) is 0. The minimum Gasteiger partial charge on any atom is -0.493 e. The Labute approximate surface area is 193 Å². The van der Waals surface area contributed by atoms with Crippen LogP contribution in [0.1, 0.15) is 28.4 Å². The van der Waals surface area contributed by atoms with Crippen LogP contribution in [0, 0.1) is 0 Å². The van der Waals surface area contributed by atoms with Gasteiger partial charge in [0, 0.05) is 28.5 Å². The van der Waals surface area contributed by atoms with Crippen LogP contribution in [0.2, 0.25) is 10.0 Å². The predicted octanol–water partition coefficient (Wildman–Crippen LogP) is 6.02. The van der Waals surface area contributed by atoms with Gasteiger partial charge in [-0.15, -0.1) is 0 Å². The van der Waals surface area contributed by atoms with Crippen molar-refractivity contribution in [2.24, 2.45) is 0 Å². The molecule has 0 spiro atoms. The summed E-state index contributed by atoms with van der Waals surface area (Å²) in [6.45, 7) is 0.484. The molecular weight excluding hydrogens is 449 g/mol. The van der Waals surface area contributed by atoms with E-state index in [0.717, 1.165) is 11.3 Å². The van der Waals surface area contributed by atoms with Crippen molar-refractivity contribution in [2.75, 3.05) is 6.61 Å². The Morgan fingerprint density at radius 2 is 1.75 bits per heavy atom. The van der Waals surface area contributed by atoms with Crippen LogP contribution >= 0.6 is 23.2 Å². The highest BCUT2D eigenvalue weighted by molar-refractivity contribution is 6.43. The van der Waals surface area contributed by atoms with Crippen LogP contribution < -0.4 is 15.7 Å². The van der Waals surface area contributed by atoms with Crippen LogP contribution in [0.4, 0.5) is 0 Å². The molecule has 0 aliphatic carbocycles. The Balaban J connectivity index is 1.53. The molecule has 32 heavy (non-hydrogen) atoms. The molecule has 0 saturated carbocycles. The highest BCUT2D eigenvalue weighted by atomic mass is 35.5. The Bertz CT molecular complexity index is 1410. The smallest absolute Gasteiger partial charge is 0.349 e. The van der Waals surface area contributed by atoms with Gasteiger partial charge in [0.05, 0.1) is 22.7 Å². The van der Waals surface area contributed by atoms with Gasteiger partial charge < -0.3 is 14.5 Å². The Hall–Kier alpha value is -3.28. The number of halogens is 2. The third kappa shape index (κ3) is 3.64. The van der Waals surface area contributed by atoms with Gasteiger partial charge in [-0.2, -0.15) is 0 Å². The molecule has 0 unspecified atom stereocenters. The molecule has 0 radical (unpaired) electrons. The first kappa shape index (κ1) is 20.6. The van der Waals surface area contributed by atoms with Gasteiger partial charge in [0.15, 0.2) is 0 Å². The molecule has 0 bridgehead atoms. The molecule has 1 aliphatic rings. The van der Waals surface area contributed by atoms with Crippen LogP contribution in [-0.2, 0) is 0 Å². The van der Waals surface area contributed by atoms with E-state index in [0.29, 0.717) is 45.2 Å². The quantitative estimate of drug-likeness (QED) is 0.375. The van der Waals surface area contributed by atoms with Crippen LogP contribution in [0.25, 0.3) is 22.1 Å². The van der Waals surface area contributed by atoms with Crippen LogP contribution in [0.5, 0.6) is 5.75 Å². The Kier molecular flexibility index (Phi) is 5.37. The van der Waals surface area contributed by atoms with Crippen LogP contribution in [0.15, 0.2) is 75.9 Å². The zero-order chi connectivity index (χ0) is 22.2. The average Bonchev–Trinajstić information content (AvgIpc) is 2.80. The lowest BCUT2D eigenvalue weighted by Gasteiger charge is -2.26. The van der Waals surface area contributed by atoms with Crippen molar-refractivity contribution in [3.63, 3.8) is 0 Å². The lowest BCUT2D eigenvalue weighted by Crippen LogP contribution is -2.34. The largest absolute Gasteiger partial charge is 0.493 e. The fraction of sp³-hybridized carbons (Fsp3) is 0.120. The van der Waals surface area contributed by atoms with E-state index < -0.39 is 11.5 Å². The fourth-order valence-electron chi connectivity index (χ4n) is 3.95. The summed E-state index contributed by atoms with van der Waals surface area (Å²) < 4.78 is 11.3. The number of carbonyl (C=O) groups excluding carboxylic acids is 1. The summed E-state index contributed by atoms with van der Waals surface area (Å²) >= 11 is 12.5. The lowest BCUT2D eigenvalue weighted by atomic mass is 10.00. The first-order valence-corrected chi connectivity index (χ1v) is 10.8. The van der Waals surface area contributed by atoms with Crippen LogP contribution in [-0.4, -0.2) is 12.5 Å². The number of carbonyl (C=O) groups is 1. The number of fused-ring (bicyclic) bond motifs is 2. The summed E-state index contributed by atoms with van der Waals surface area (Å²) in [6, 6.07) is 19.5. The van der Waals surface area contributed by atoms with E-state index in [2.05, 4.69) is 5.32 Å². The molecule has 5 rings (SSSR count). The molecule has 4 aromatic rings. The highest BCUT2D eigenvalue weighted by Gasteiger charge is 2.25. The number of hydrogen-bond donors (Lipinski definition) is 1. The van der Waals surface area contributed by atoms with Gasteiger partial charge in [-0.1, -0.05) is 71.7 Å². The summed E-state index contributed by atoms with van der Waals surface area (Å²) in [5, 5.41) is 4.31. The van der Waals surface area contributed by atoms with Crippen molar-refractivity contribution in [1.29, 1.82) is 0 Å². The van der Waals surface area contributed by atoms with Crippen molar-refractivity contribution in [3.8, 4) is 16.9 Å². The van der Waals surface area contributed by atoms with Gasteiger partial charge in [-0.25, -0.2) is 4.79 Å². The van der Waals surface area contributed by atoms with E-state index in [9.17, 15) is 9.59 Å². The molecule has 1 atom stereocenters. The standard InChI is InChI=1S/C25H17Cl2NO4/c26-19-9-4-7-15(22(19)27)16-8-3-5-14-13-18(25(30)32-23(14)16)24(29)28-20-11-12-31-21-10-2-1-6-17(20)21/h1-10,13,20H,11-12H2,(H,28,29)/t20-/m0/s1. The predicted molar refractivity (Wildman–Crippen MR) is 125 cm³/mol. The van der Waals surface area contributed by atoms with E-state index in [1.165, 1.54) is 0 Å². The number of hydrogen-bond acceptors (Lipinski definition) is 4. The van der Waals surface area contributed by atoms with Gasteiger partial charge in [0.25, 0.3) is 5.91 Å². The fourth-order valence-corrected chi connectivity index (χ4v) is 4.36. The van der Waals surface area contributed by atoms with Crippen molar-refractivity contribution in [2.45, 2.75) is 12.5 Å². The Morgan fingerprint density at radius 3 is 2.62 bits per heavy atom. The maximum Gasteiger partial charge on any atom is 0.349 e. The van der Waals surface area contributed by atoms with Gasteiger partial charge in [-0.3, -0.25) is 4.79 Å². The van der Waals surface area contributed by atoms with Crippen molar-refractivity contribution in [1.82, 2.24) is 5.32 Å². The number of amides is 1. The molecular formula is C25H17Cl2NO4. The molecule has 1 amide bonds. The second kappa shape index (κ2) is 8.34. The van der Waals surface area contributed by atoms with Crippen LogP contribution in [0.3, 0.4) is 0 Å². The maximum atomic E-state index is 13.0. The SMILES string of the molecule is O=C(N[C@H]1CCOc2ccccc21)c1cc2cccc(-c3cccc(Cl)c3Cl)c2oc1=O. The summed E-state index contributed by atoms with van der Waals surface area (Å²) in [5.41, 5.74) is 1.71. The molecule has 2 heterocycles. The van der Waals surface area contributed by atoms with Gasteiger partial charge in [0.1, 0.15) is 16.9 Å². The van der Waals surface area contributed by atoms with Gasteiger partial charge in [0.2, 0.25) is 0 Å². The molecule has 0 saturated heterocycles. The summed E-state index contributed by atoms with van der Waals surface area (Å²) in [6.07, 6.45) is 0.610. The number of rotatable bonds is 3. The molecule has 160 valence electrons. The van der Waals surface area contributed by atoms with E-state index in [4.69, 9.17) is 32.4 Å². The highest BCUT2D eigenvalue weighted by Crippen LogP contribution is 2.37. The van der Waals surface area contributed by atoms with E-state index >= 15 is 0 Å². The minimum atomic E-state index is -0.721. The maximum absolute atomic E-state index is 13.0. The number of benzene rings is 3. The van der Waals surface area contributed by atoms with E-state index in [-0.39, 0.29) is 11.6 Å². The molecule has 1 aromatic heterocycles. The van der Waals surface area contributed by atoms with Crippen molar-refractivity contribution in [3.05, 3.63) is 98.3 Å². The first-order chi connectivity index (χ1) is 15.5. The minimum absolute atomic E-state index is 0.0594. The van der Waals surface area contributed by atoms with Gasteiger partial charge in [-0.05, 0) is 18.2 Å². The number of para-hydroxylation sites is 2. The molecule has 0 fully saturated rings. The topological polar surface area (TPSA) is 68.5 Å². The second-order valence-electron chi connectivity index (χ2n) is 7.47. The zero-order valence-electron chi connectivity index (χ0n) is 16.7. The number of nitrogens with one attached hydrogen (secondary N) is 1. The third-order valence-electron chi connectivity index (χ3n) is 5.51. The lowest BCUT2D eigenvalue weighted by molar-refractivity contribution is 0.0921.